The van der Waals surface area contributed by atoms with Crippen LogP contribution in [-0.2, 0) is 0 Å². The van der Waals surface area contributed by atoms with Crippen molar-refractivity contribution in [3.8, 4) is 17.3 Å². The molecule has 0 spiro atoms. The molecule has 0 bridgehead atoms. The van der Waals surface area contributed by atoms with Crippen LogP contribution in [0.1, 0.15) is 30.3 Å². The van der Waals surface area contributed by atoms with Crippen molar-refractivity contribution < 1.29 is 4.42 Å². The van der Waals surface area contributed by atoms with Gasteiger partial charge in [-0.3, -0.25) is 0 Å². The molecule has 0 atom stereocenters. The molecule has 0 radical (unpaired) electrons. The van der Waals surface area contributed by atoms with E-state index < -0.39 is 5.63 Å². The summed E-state index contributed by atoms with van der Waals surface area (Å²) in [4.78, 5) is 16.9. The second-order valence-electron chi connectivity index (χ2n) is 7.08. The minimum atomic E-state index is -0.447. The molecule has 0 fully saturated rings. The zero-order valence-corrected chi connectivity index (χ0v) is 17.4. The van der Waals surface area contributed by atoms with Gasteiger partial charge < -0.3 is 9.73 Å². The summed E-state index contributed by atoms with van der Waals surface area (Å²) in [6, 6.07) is 19.3. The third-order valence-corrected chi connectivity index (χ3v) is 5.60. The van der Waals surface area contributed by atoms with E-state index in [2.05, 4.69) is 36.3 Å². The van der Waals surface area contributed by atoms with Crippen LogP contribution in [0.15, 0.2) is 75.4 Å². The van der Waals surface area contributed by atoms with Crippen LogP contribution in [0, 0.1) is 11.3 Å². The molecule has 0 aliphatic carbocycles. The van der Waals surface area contributed by atoms with Gasteiger partial charge in [0.15, 0.2) is 0 Å². The zero-order chi connectivity index (χ0) is 21.1. The quantitative estimate of drug-likeness (QED) is 0.320. The summed E-state index contributed by atoms with van der Waals surface area (Å²) in [5.74, 6) is 0.353. The van der Waals surface area contributed by atoms with E-state index in [4.69, 9.17) is 4.42 Å². The number of allylic oxidation sites excluding steroid dienone is 1. The number of hydrogen-bond acceptors (Lipinski definition) is 6. The highest BCUT2D eigenvalue weighted by atomic mass is 32.1. The number of para-hydroxylation sites is 2. The van der Waals surface area contributed by atoms with E-state index in [1.165, 1.54) is 16.9 Å². The lowest BCUT2D eigenvalue weighted by atomic mass is 10.0. The number of thiazole rings is 1. The molecule has 1 N–H and O–H groups in total. The first-order valence-electron chi connectivity index (χ1n) is 9.51. The fourth-order valence-corrected chi connectivity index (χ4v) is 3.97. The summed E-state index contributed by atoms with van der Waals surface area (Å²) in [5.41, 5.74) is 3.48. The average Bonchev–Trinajstić information content (AvgIpc) is 3.23. The maximum Gasteiger partial charge on any atom is 0.345 e. The molecular formula is C24H19N3O2S. The average molecular weight is 414 g/mol. The maximum absolute atomic E-state index is 12.4. The van der Waals surface area contributed by atoms with E-state index in [1.54, 1.807) is 23.7 Å². The van der Waals surface area contributed by atoms with Gasteiger partial charge in [0.25, 0.3) is 0 Å². The van der Waals surface area contributed by atoms with E-state index in [9.17, 15) is 10.1 Å². The molecule has 0 saturated heterocycles. The van der Waals surface area contributed by atoms with Crippen molar-refractivity contribution >= 4 is 33.6 Å². The van der Waals surface area contributed by atoms with E-state index in [0.717, 1.165) is 11.1 Å². The third kappa shape index (κ3) is 3.88. The highest BCUT2D eigenvalue weighted by molar-refractivity contribution is 7.11. The van der Waals surface area contributed by atoms with Gasteiger partial charge in [0.2, 0.25) is 0 Å². The molecule has 4 rings (SSSR count). The molecule has 2 aromatic carbocycles. The molecule has 5 nitrogen and oxygen atoms in total. The first-order chi connectivity index (χ1) is 14.6. The van der Waals surface area contributed by atoms with E-state index >= 15 is 0 Å². The van der Waals surface area contributed by atoms with Crippen LogP contribution in [0.5, 0.6) is 0 Å². The lowest BCUT2D eigenvalue weighted by Crippen LogP contribution is -2.03. The molecular weight excluding hydrogens is 394 g/mol. The first-order valence-corrected chi connectivity index (χ1v) is 10.4. The summed E-state index contributed by atoms with van der Waals surface area (Å²) >= 11 is 1.31. The van der Waals surface area contributed by atoms with Crippen molar-refractivity contribution in [3.05, 3.63) is 87.2 Å². The summed E-state index contributed by atoms with van der Waals surface area (Å²) in [5, 5.41) is 16.0. The number of nitriles is 1. The van der Waals surface area contributed by atoms with Gasteiger partial charge in [-0.05, 0) is 29.7 Å². The predicted octanol–water partition coefficient (Wildman–Crippen LogP) is 6.02. The molecule has 0 saturated carbocycles. The van der Waals surface area contributed by atoms with Crippen molar-refractivity contribution in [2.24, 2.45) is 0 Å². The normalized spacial score (nSPS) is 11.6. The Kier molecular flexibility index (Phi) is 5.46. The lowest BCUT2D eigenvalue weighted by molar-refractivity contribution is 0.563. The zero-order valence-electron chi connectivity index (χ0n) is 16.5. The van der Waals surface area contributed by atoms with Crippen LogP contribution in [0.25, 0.3) is 27.8 Å². The summed E-state index contributed by atoms with van der Waals surface area (Å²) in [6.45, 7) is 4.25. The fraction of sp³-hybridized carbons (Fsp3) is 0.125. The highest BCUT2D eigenvalue weighted by Crippen LogP contribution is 2.28. The second kappa shape index (κ2) is 8.36. The van der Waals surface area contributed by atoms with Crippen molar-refractivity contribution in [3.63, 3.8) is 0 Å². The Morgan fingerprint density at radius 1 is 1.20 bits per heavy atom. The van der Waals surface area contributed by atoms with Gasteiger partial charge in [-0.2, -0.15) is 5.26 Å². The Labute approximate surface area is 177 Å². The Bertz CT molecular complexity index is 1340. The number of rotatable bonds is 5. The van der Waals surface area contributed by atoms with Crippen molar-refractivity contribution in [1.29, 1.82) is 5.26 Å². The second-order valence-corrected chi connectivity index (χ2v) is 7.94. The predicted molar refractivity (Wildman–Crippen MR) is 121 cm³/mol. The number of aromatic nitrogens is 1. The smallest absolute Gasteiger partial charge is 0.345 e. The molecule has 4 aromatic rings. The lowest BCUT2D eigenvalue weighted by Gasteiger charge is -2.12. The monoisotopic (exact) mass is 413 g/mol. The summed E-state index contributed by atoms with van der Waals surface area (Å²) in [7, 11) is 0. The number of benzene rings is 2. The van der Waals surface area contributed by atoms with E-state index in [-0.39, 0.29) is 0 Å². The van der Waals surface area contributed by atoms with Gasteiger partial charge in [-0.15, -0.1) is 11.3 Å². The fourth-order valence-electron chi connectivity index (χ4n) is 3.19. The molecule has 2 aromatic heterocycles. The largest absolute Gasteiger partial charge is 0.422 e. The number of nitrogens with zero attached hydrogens (tertiary/aromatic N) is 2. The van der Waals surface area contributed by atoms with Crippen LogP contribution in [0.3, 0.4) is 0 Å². The maximum atomic E-state index is 12.4. The van der Waals surface area contributed by atoms with Crippen LogP contribution < -0.4 is 10.9 Å². The molecule has 6 heteroatoms. The molecule has 0 unspecified atom stereocenters. The van der Waals surface area contributed by atoms with E-state index in [0.29, 0.717) is 33.3 Å². The minimum absolute atomic E-state index is 0.353. The van der Waals surface area contributed by atoms with Crippen LogP contribution in [0.2, 0.25) is 0 Å². The molecule has 148 valence electrons. The van der Waals surface area contributed by atoms with Crippen molar-refractivity contribution in [2.75, 3.05) is 5.32 Å². The first kappa shape index (κ1) is 19.6. The van der Waals surface area contributed by atoms with Crippen LogP contribution in [0.4, 0.5) is 5.69 Å². The molecule has 0 aliphatic heterocycles. The standard InChI is InChI=1S/C24H19N3O2S/c1-15(2)18-8-4-5-9-20(18)26-13-17(12-25)23-27-21(14-30-23)19-11-16-7-3-6-10-22(16)29-24(19)28/h3-11,13-15,26H,1-2H3/b17-13-. The number of nitrogens with one attached hydrogen (secondary N) is 1. The molecule has 2 heterocycles. The molecule has 0 aliphatic rings. The Morgan fingerprint density at radius 2 is 1.97 bits per heavy atom. The minimum Gasteiger partial charge on any atom is -0.422 e. The van der Waals surface area contributed by atoms with Crippen molar-refractivity contribution in [1.82, 2.24) is 4.98 Å². The Morgan fingerprint density at radius 3 is 2.77 bits per heavy atom. The number of fused-ring (bicyclic) bond motifs is 1. The van der Waals surface area contributed by atoms with Gasteiger partial charge >= 0.3 is 5.63 Å². The number of anilines is 1. The highest BCUT2D eigenvalue weighted by Gasteiger charge is 2.14. The van der Waals surface area contributed by atoms with Crippen LogP contribution in [-0.4, -0.2) is 4.98 Å². The Hall–Kier alpha value is -3.69. The SMILES string of the molecule is CC(C)c1ccccc1N/C=C(/C#N)c1nc(-c2cc3ccccc3oc2=O)cs1. The van der Waals surface area contributed by atoms with Gasteiger partial charge in [0.05, 0.1) is 11.3 Å². The van der Waals surface area contributed by atoms with Gasteiger partial charge in [-0.1, -0.05) is 50.2 Å². The van der Waals surface area contributed by atoms with E-state index in [1.807, 2.05) is 36.4 Å². The van der Waals surface area contributed by atoms with Crippen LogP contribution >= 0.6 is 11.3 Å². The summed E-state index contributed by atoms with van der Waals surface area (Å²) < 4.78 is 5.40. The third-order valence-electron chi connectivity index (χ3n) is 4.73. The number of hydrogen-bond donors (Lipinski definition) is 1. The molecule has 0 amide bonds. The van der Waals surface area contributed by atoms with Crippen molar-refractivity contribution in [2.45, 2.75) is 19.8 Å². The molecule has 30 heavy (non-hydrogen) atoms. The summed E-state index contributed by atoms with van der Waals surface area (Å²) in [6.07, 6.45) is 1.66. The topological polar surface area (TPSA) is 78.9 Å². The van der Waals surface area contributed by atoms with Gasteiger partial charge in [0.1, 0.15) is 22.2 Å². The van der Waals surface area contributed by atoms with Gasteiger partial charge in [-0.25, -0.2) is 9.78 Å². The Balaban J connectivity index is 1.66. The van der Waals surface area contributed by atoms with Gasteiger partial charge in [0, 0.05) is 22.7 Å².